The Labute approximate surface area is 123 Å². The molecule has 0 radical (unpaired) electrons. The molecule has 1 aromatic heterocycles. The van der Waals surface area contributed by atoms with Crippen LogP contribution in [0.3, 0.4) is 0 Å². The molecule has 20 heavy (non-hydrogen) atoms. The summed E-state index contributed by atoms with van der Waals surface area (Å²) in [6, 6.07) is 19.8. The molecule has 1 atom stereocenters. The quantitative estimate of drug-likeness (QED) is 0.784. The van der Waals surface area contributed by atoms with Crippen molar-refractivity contribution in [3.63, 3.8) is 0 Å². The van der Waals surface area contributed by atoms with Crippen LogP contribution in [0.15, 0.2) is 60.7 Å². The lowest BCUT2D eigenvalue weighted by molar-refractivity contribution is 0.700. The standard InChI is InChI=1S/C17H15ClN2/c18-14-8-5-12(6-9-14)11-15(19)17-10-7-13-3-1-2-4-16(13)20-17/h1-10,15H,11,19H2. The molecule has 3 rings (SSSR count). The Morgan fingerprint density at radius 2 is 1.70 bits per heavy atom. The van der Waals surface area contributed by atoms with E-state index in [2.05, 4.69) is 17.1 Å². The van der Waals surface area contributed by atoms with Gasteiger partial charge in [-0.2, -0.15) is 0 Å². The first-order valence-electron chi connectivity index (χ1n) is 6.58. The van der Waals surface area contributed by atoms with E-state index in [0.29, 0.717) is 0 Å². The molecule has 0 spiro atoms. The summed E-state index contributed by atoms with van der Waals surface area (Å²) in [7, 11) is 0. The van der Waals surface area contributed by atoms with Crippen LogP contribution in [0.5, 0.6) is 0 Å². The summed E-state index contributed by atoms with van der Waals surface area (Å²) in [5.41, 5.74) is 9.32. The third kappa shape index (κ3) is 2.82. The van der Waals surface area contributed by atoms with Crippen molar-refractivity contribution in [3.8, 4) is 0 Å². The summed E-state index contributed by atoms with van der Waals surface area (Å²) in [4.78, 5) is 4.64. The zero-order valence-electron chi connectivity index (χ0n) is 11.0. The summed E-state index contributed by atoms with van der Waals surface area (Å²) < 4.78 is 0. The van der Waals surface area contributed by atoms with Crippen LogP contribution in [0.4, 0.5) is 0 Å². The molecule has 3 heteroatoms. The maximum atomic E-state index is 6.26. The van der Waals surface area contributed by atoms with Gasteiger partial charge in [0, 0.05) is 10.4 Å². The molecule has 100 valence electrons. The average molecular weight is 283 g/mol. The highest BCUT2D eigenvalue weighted by Gasteiger charge is 2.09. The molecule has 0 aliphatic carbocycles. The van der Waals surface area contributed by atoms with E-state index >= 15 is 0 Å². The lowest BCUT2D eigenvalue weighted by Crippen LogP contribution is -2.14. The Kier molecular flexibility index (Phi) is 3.68. The summed E-state index contributed by atoms with van der Waals surface area (Å²) in [5.74, 6) is 0. The third-order valence-corrected chi connectivity index (χ3v) is 3.62. The highest BCUT2D eigenvalue weighted by Crippen LogP contribution is 2.19. The number of aromatic nitrogens is 1. The second-order valence-electron chi connectivity index (χ2n) is 4.87. The van der Waals surface area contributed by atoms with E-state index in [9.17, 15) is 0 Å². The number of hydrogen-bond donors (Lipinski definition) is 1. The van der Waals surface area contributed by atoms with Gasteiger partial charge in [0.05, 0.1) is 17.3 Å². The monoisotopic (exact) mass is 282 g/mol. The number of nitrogens with zero attached hydrogens (tertiary/aromatic N) is 1. The van der Waals surface area contributed by atoms with Gasteiger partial charge in [0.25, 0.3) is 0 Å². The van der Waals surface area contributed by atoms with Crippen LogP contribution in [-0.2, 0) is 6.42 Å². The van der Waals surface area contributed by atoms with Gasteiger partial charge in [-0.25, -0.2) is 0 Å². The first-order valence-corrected chi connectivity index (χ1v) is 6.96. The molecular weight excluding hydrogens is 268 g/mol. The summed E-state index contributed by atoms with van der Waals surface area (Å²) in [5, 5.41) is 1.88. The van der Waals surface area contributed by atoms with E-state index in [1.807, 2.05) is 48.5 Å². The smallest absolute Gasteiger partial charge is 0.0706 e. The van der Waals surface area contributed by atoms with Crippen LogP contribution in [0.2, 0.25) is 5.02 Å². The average Bonchev–Trinajstić information content (AvgIpc) is 2.49. The number of hydrogen-bond acceptors (Lipinski definition) is 2. The minimum atomic E-state index is -0.110. The fraction of sp³-hybridized carbons (Fsp3) is 0.118. The van der Waals surface area contributed by atoms with Gasteiger partial charge in [0.1, 0.15) is 0 Å². The van der Waals surface area contributed by atoms with Crippen LogP contribution in [0.1, 0.15) is 17.3 Å². The minimum Gasteiger partial charge on any atom is -0.322 e. The molecule has 2 nitrogen and oxygen atoms in total. The van der Waals surface area contributed by atoms with Crippen LogP contribution in [-0.4, -0.2) is 4.98 Å². The largest absolute Gasteiger partial charge is 0.322 e. The van der Waals surface area contributed by atoms with Crippen LogP contribution >= 0.6 is 11.6 Å². The maximum absolute atomic E-state index is 6.26. The number of pyridine rings is 1. The molecule has 0 amide bonds. The van der Waals surface area contributed by atoms with Gasteiger partial charge >= 0.3 is 0 Å². The van der Waals surface area contributed by atoms with Crippen molar-refractivity contribution < 1.29 is 0 Å². The van der Waals surface area contributed by atoms with Crippen molar-refractivity contribution in [1.82, 2.24) is 4.98 Å². The zero-order valence-corrected chi connectivity index (χ0v) is 11.7. The summed E-state index contributed by atoms with van der Waals surface area (Å²) in [6.45, 7) is 0. The van der Waals surface area contributed by atoms with E-state index in [1.54, 1.807) is 0 Å². The van der Waals surface area contributed by atoms with Gasteiger partial charge in [0.2, 0.25) is 0 Å². The van der Waals surface area contributed by atoms with Gasteiger partial charge in [-0.05, 0) is 36.2 Å². The van der Waals surface area contributed by atoms with Crippen LogP contribution in [0, 0.1) is 0 Å². The van der Waals surface area contributed by atoms with Crippen LogP contribution < -0.4 is 5.73 Å². The Bertz CT molecular complexity index is 722. The minimum absolute atomic E-state index is 0.110. The van der Waals surface area contributed by atoms with E-state index in [4.69, 9.17) is 17.3 Å². The van der Waals surface area contributed by atoms with E-state index in [1.165, 1.54) is 0 Å². The summed E-state index contributed by atoms with van der Waals surface area (Å²) >= 11 is 5.89. The molecule has 0 aliphatic rings. The molecule has 1 heterocycles. The number of nitrogens with two attached hydrogens (primary N) is 1. The van der Waals surface area contributed by atoms with Crippen LogP contribution in [0.25, 0.3) is 10.9 Å². The van der Waals surface area contributed by atoms with Gasteiger partial charge in [-0.1, -0.05) is 48.0 Å². The van der Waals surface area contributed by atoms with Gasteiger partial charge in [-0.15, -0.1) is 0 Å². The molecule has 0 saturated carbocycles. The number of fused-ring (bicyclic) bond motifs is 1. The molecule has 0 aliphatic heterocycles. The van der Waals surface area contributed by atoms with Crippen molar-refractivity contribution in [3.05, 3.63) is 76.9 Å². The second kappa shape index (κ2) is 5.61. The Morgan fingerprint density at radius 1 is 0.950 bits per heavy atom. The molecule has 1 unspecified atom stereocenters. The Balaban J connectivity index is 1.84. The van der Waals surface area contributed by atoms with Crippen molar-refractivity contribution >= 4 is 22.5 Å². The predicted molar refractivity (Wildman–Crippen MR) is 83.8 cm³/mol. The first-order chi connectivity index (χ1) is 9.72. The van der Waals surface area contributed by atoms with Gasteiger partial charge < -0.3 is 5.73 Å². The Morgan fingerprint density at radius 3 is 2.50 bits per heavy atom. The van der Waals surface area contributed by atoms with Gasteiger partial charge in [0.15, 0.2) is 0 Å². The Hall–Kier alpha value is -1.90. The fourth-order valence-electron chi connectivity index (χ4n) is 2.27. The zero-order chi connectivity index (χ0) is 13.9. The topological polar surface area (TPSA) is 38.9 Å². The van der Waals surface area contributed by atoms with Crippen molar-refractivity contribution in [2.75, 3.05) is 0 Å². The van der Waals surface area contributed by atoms with Crippen molar-refractivity contribution in [2.24, 2.45) is 5.73 Å². The first kappa shape index (κ1) is 13.1. The predicted octanol–water partition coefficient (Wildman–Crippen LogP) is 4.13. The number of benzene rings is 2. The lowest BCUT2D eigenvalue weighted by atomic mass is 10.0. The number of para-hydroxylation sites is 1. The normalized spacial score (nSPS) is 12.5. The highest BCUT2D eigenvalue weighted by atomic mass is 35.5. The summed E-state index contributed by atoms with van der Waals surface area (Å²) in [6.07, 6.45) is 0.752. The van der Waals surface area contributed by atoms with E-state index < -0.39 is 0 Å². The molecule has 2 aromatic carbocycles. The fourth-order valence-corrected chi connectivity index (χ4v) is 2.39. The molecule has 0 fully saturated rings. The lowest BCUT2D eigenvalue weighted by Gasteiger charge is -2.12. The van der Waals surface area contributed by atoms with Crippen molar-refractivity contribution in [2.45, 2.75) is 12.5 Å². The van der Waals surface area contributed by atoms with E-state index in [-0.39, 0.29) is 6.04 Å². The van der Waals surface area contributed by atoms with E-state index in [0.717, 1.165) is 33.6 Å². The molecule has 0 saturated heterocycles. The van der Waals surface area contributed by atoms with Crippen molar-refractivity contribution in [1.29, 1.82) is 0 Å². The third-order valence-electron chi connectivity index (χ3n) is 3.37. The molecule has 3 aromatic rings. The second-order valence-corrected chi connectivity index (χ2v) is 5.30. The van der Waals surface area contributed by atoms with Gasteiger partial charge in [-0.3, -0.25) is 4.98 Å². The molecular formula is C17H15ClN2. The maximum Gasteiger partial charge on any atom is 0.0706 e. The number of rotatable bonds is 3. The molecule has 0 bridgehead atoms. The number of halogens is 1. The SMILES string of the molecule is NC(Cc1ccc(Cl)cc1)c1ccc2ccccc2n1. The molecule has 2 N–H and O–H groups in total. The highest BCUT2D eigenvalue weighted by molar-refractivity contribution is 6.30.